The fourth-order valence-electron chi connectivity index (χ4n) is 1.43. The van der Waals surface area contributed by atoms with Crippen molar-refractivity contribution in [3.63, 3.8) is 0 Å². The summed E-state index contributed by atoms with van der Waals surface area (Å²) in [5.41, 5.74) is 0.956. The normalized spacial score (nSPS) is 11.0. The Morgan fingerprint density at radius 2 is 2.11 bits per heavy atom. The first kappa shape index (κ1) is 13.2. The number of rotatable bonds is 3. The fraction of sp³-hybridized carbons (Fsp3) is 0. The van der Waals surface area contributed by atoms with Crippen LogP contribution in [0.3, 0.4) is 0 Å². The minimum atomic E-state index is -0.971. The van der Waals surface area contributed by atoms with E-state index in [0.29, 0.717) is 0 Å². The molecule has 0 unspecified atom stereocenters. The molecule has 0 atom stereocenters. The fourth-order valence-corrected chi connectivity index (χ4v) is 3.33. The monoisotopic (exact) mass is 374 g/mol. The van der Waals surface area contributed by atoms with Crippen molar-refractivity contribution in [2.75, 3.05) is 0 Å². The predicted octanol–water partition coefficient (Wildman–Crippen LogP) is 4.26. The van der Waals surface area contributed by atoms with Gasteiger partial charge in [0, 0.05) is 25.0 Å². The van der Waals surface area contributed by atoms with Crippen molar-refractivity contribution in [1.29, 1.82) is 0 Å². The number of hydrogen-bond acceptors (Lipinski definition) is 2. The third kappa shape index (κ3) is 3.17. The predicted molar refractivity (Wildman–Crippen MR) is 79.1 cm³/mol. The lowest BCUT2D eigenvalue weighted by atomic mass is 10.2. The van der Waals surface area contributed by atoms with Gasteiger partial charge in [0.15, 0.2) is 0 Å². The quantitative estimate of drug-likeness (QED) is 0.644. The van der Waals surface area contributed by atoms with Gasteiger partial charge in [0.2, 0.25) is 0 Å². The Labute approximate surface area is 121 Å². The van der Waals surface area contributed by atoms with E-state index in [1.807, 2.05) is 12.1 Å². The first-order valence-electron chi connectivity index (χ1n) is 5.02. The third-order valence-electron chi connectivity index (χ3n) is 2.21. The maximum absolute atomic E-state index is 13.0. The van der Waals surface area contributed by atoms with Crippen LogP contribution in [0.1, 0.15) is 4.88 Å². The van der Waals surface area contributed by atoms with Crippen LogP contribution in [-0.4, -0.2) is 11.1 Å². The number of carbonyl (C=O) groups is 1. The lowest BCUT2D eigenvalue weighted by Gasteiger charge is -2.00. The van der Waals surface area contributed by atoms with E-state index < -0.39 is 5.97 Å². The zero-order valence-corrected chi connectivity index (χ0v) is 12.0. The molecule has 0 amide bonds. The van der Waals surface area contributed by atoms with E-state index >= 15 is 0 Å². The second-order valence-electron chi connectivity index (χ2n) is 3.50. The van der Waals surface area contributed by atoms with Crippen molar-refractivity contribution in [3.8, 4) is 10.4 Å². The van der Waals surface area contributed by atoms with Gasteiger partial charge in [-0.1, -0.05) is 0 Å². The van der Waals surface area contributed by atoms with E-state index in [9.17, 15) is 9.18 Å². The summed E-state index contributed by atoms with van der Waals surface area (Å²) >= 11 is 3.56. The average Bonchev–Trinajstić information content (AvgIpc) is 2.75. The van der Waals surface area contributed by atoms with Crippen LogP contribution in [0.4, 0.5) is 4.39 Å². The molecule has 0 bridgehead atoms. The van der Waals surface area contributed by atoms with Gasteiger partial charge < -0.3 is 5.11 Å². The molecule has 2 aromatic rings. The van der Waals surface area contributed by atoms with Gasteiger partial charge >= 0.3 is 5.97 Å². The zero-order valence-electron chi connectivity index (χ0n) is 9.06. The minimum absolute atomic E-state index is 0.259. The van der Waals surface area contributed by atoms with Crippen LogP contribution in [0.25, 0.3) is 16.5 Å². The summed E-state index contributed by atoms with van der Waals surface area (Å²) in [5.74, 6) is -1.23. The molecule has 1 N–H and O–H groups in total. The second kappa shape index (κ2) is 5.62. The highest BCUT2D eigenvalue weighted by molar-refractivity contribution is 14.1. The lowest BCUT2D eigenvalue weighted by Crippen LogP contribution is -1.84. The number of thiophene rings is 1. The Morgan fingerprint density at radius 1 is 1.33 bits per heavy atom. The van der Waals surface area contributed by atoms with Crippen molar-refractivity contribution in [2.24, 2.45) is 0 Å². The molecule has 0 spiro atoms. The van der Waals surface area contributed by atoms with E-state index in [4.69, 9.17) is 5.11 Å². The van der Waals surface area contributed by atoms with Crippen LogP contribution in [0.2, 0.25) is 0 Å². The van der Waals surface area contributed by atoms with E-state index in [0.717, 1.165) is 25.0 Å². The second-order valence-corrected chi connectivity index (χ2v) is 5.78. The smallest absolute Gasteiger partial charge is 0.328 e. The van der Waals surface area contributed by atoms with E-state index in [1.54, 1.807) is 12.1 Å². The molecule has 2 rings (SSSR count). The molecule has 2 nitrogen and oxygen atoms in total. The standard InChI is InChI=1S/C13H8FIO2S/c14-8-1-4-10(11(15)7-8)12-5-2-9(18-12)3-6-13(16)17/h1-7H,(H,16,17). The summed E-state index contributed by atoms with van der Waals surface area (Å²) in [6, 6.07) is 8.38. The molecule has 0 saturated heterocycles. The number of benzene rings is 1. The molecule has 0 aliphatic carbocycles. The molecule has 1 aromatic heterocycles. The van der Waals surface area contributed by atoms with Gasteiger partial charge in [-0.15, -0.1) is 11.3 Å². The highest BCUT2D eigenvalue weighted by Crippen LogP contribution is 2.32. The van der Waals surface area contributed by atoms with Crippen LogP contribution < -0.4 is 0 Å². The van der Waals surface area contributed by atoms with Gasteiger partial charge in [-0.05, 0) is 59.0 Å². The first-order valence-corrected chi connectivity index (χ1v) is 6.92. The van der Waals surface area contributed by atoms with Gasteiger partial charge in [0.25, 0.3) is 0 Å². The van der Waals surface area contributed by atoms with Crippen LogP contribution in [0, 0.1) is 9.39 Å². The zero-order chi connectivity index (χ0) is 13.1. The summed E-state index contributed by atoms with van der Waals surface area (Å²) < 4.78 is 13.8. The van der Waals surface area contributed by atoms with Crippen LogP contribution in [-0.2, 0) is 4.79 Å². The van der Waals surface area contributed by atoms with Gasteiger partial charge in [-0.2, -0.15) is 0 Å². The molecule has 0 radical (unpaired) electrons. The van der Waals surface area contributed by atoms with E-state index in [-0.39, 0.29) is 5.82 Å². The molecule has 0 aliphatic heterocycles. The van der Waals surface area contributed by atoms with Crippen molar-refractivity contribution < 1.29 is 14.3 Å². The highest BCUT2D eigenvalue weighted by Gasteiger charge is 2.06. The molecular weight excluding hydrogens is 366 g/mol. The summed E-state index contributed by atoms with van der Waals surface area (Å²) in [7, 11) is 0. The summed E-state index contributed by atoms with van der Waals surface area (Å²) in [4.78, 5) is 12.3. The Balaban J connectivity index is 2.32. The number of hydrogen-bond donors (Lipinski definition) is 1. The molecule has 1 heterocycles. The van der Waals surface area contributed by atoms with Crippen molar-refractivity contribution in [1.82, 2.24) is 0 Å². The molecular formula is C13H8FIO2S. The van der Waals surface area contributed by atoms with Gasteiger partial charge in [0.1, 0.15) is 5.82 Å². The van der Waals surface area contributed by atoms with Crippen LogP contribution in [0.15, 0.2) is 36.4 Å². The molecule has 92 valence electrons. The molecule has 1 aromatic carbocycles. The summed E-state index contributed by atoms with van der Waals surface area (Å²) in [6.07, 6.45) is 2.65. The Hall–Kier alpha value is -1.21. The molecule has 0 aliphatic rings. The molecule has 0 saturated carbocycles. The SMILES string of the molecule is O=C(O)C=Cc1ccc(-c2ccc(F)cc2I)s1. The molecule has 0 fully saturated rings. The van der Waals surface area contributed by atoms with Crippen molar-refractivity contribution in [2.45, 2.75) is 0 Å². The average molecular weight is 374 g/mol. The Kier molecular flexibility index (Phi) is 4.13. The van der Waals surface area contributed by atoms with E-state index in [1.165, 1.54) is 23.5 Å². The topological polar surface area (TPSA) is 37.3 Å². The maximum Gasteiger partial charge on any atom is 0.328 e. The number of carboxylic acids is 1. The molecule has 5 heteroatoms. The first-order chi connectivity index (χ1) is 8.56. The third-order valence-corrected chi connectivity index (χ3v) is 4.19. The Morgan fingerprint density at radius 3 is 2.78 bits per heavy atom. The Bertz CT molecular complexity index is 619. The van der Waals surface area contributed by atoms with Crippen molar-refractivity contribution >= 4 is 46.0 Å². The van der Waals surface area contributed by atoms with Gasteiger partial charge in [0.05, 0.1) is 0 Å². The van der Waals surface area contributed by atoms with Crippen molar-refractivity contribution in [3.05, 3.63) is 50.7 Å². The summed E-state index contributed by atoms with van der Waals surface area (Å²) in [5, 5.41) is 8.55. The number of halogens is 2. The van der Waals surface area contributed by atoms with Gasteiger partial charge in [-0.25, -0.2) is 9.18 Å². The van der Waals surface area contributed by atoms with Crippen LogP contribution >= 0.6 is 33.9 Å². The van der Waals surface area contributed by atoms with Gasteiger partial charge in [-0.3, -0.25) is 0 Å². The molecule has 18 heavy (non-hydrogen) atoms. The van der Waals surface area contributed by atoms with E-state index in [2.05, 4.69) is 22.6 Å². The minimum Gasteiger partial charge on any atom is -0.478 e. The highest BCUT2D eigenvalue weighted by atomic mass is 127. The number of carboxylic acid groups (broad SMARTS) is 1. The lowest BCUT2D eigenvalue weighted by molar-refractivity contribution is -0.131. The summed E-state index contributed by atoms with van der Waals surface area (Å²) in [6.45, 7) is 0. The van der Waals surface area contributed by atoms with Crippen LogP contribution in [0.5, 0.6) is 0 Å². The largest absolute Gasteiger partial charge is 0.478 e. The number of aliphatic carboxylic acids is 1. The maximum atomic E-state index is 13.0.